The average Bonchev–Trinajstić information content (AvgIpc) is 2.78. The van der Waals surface area contributed by atoms with Crippen LogP contribution in [0.2, 0.25) is 5.02 Å². The summed E-state index contributed by atoms with van der Waals surface area (Å²) in [5, 5.41) is 1.59. The van der Waals surface area contributed by atoms with Crippen molar-refractivity contribution < 1.29 is 9.53 Å². The molecule has 1 amide bonds. The highest BCUT2D eigenvalue weighted by Crippen LogP contribution is 2.26. The number of hydrogen-bond acceptors (Lipinski definition) is 2. The number of hydrogen-bond donors (Lipinski definition) is 0. The Morgan fingerprint density at radius 2 is 2.05 bits per heavy atom. The standard InChI is InChI=1S/C14H15ClN2O2/c1-16-12-4-2-3-11(15)10(12)9-13(16)14(18)17-5-7-19-8-6-17/h2-4,9H,5-8H2,1H3. The first-order valence-electron chi connectivity index (χ1n) is 6.29. The number of halogens is 1. The van der Waals surface area contributed by atoms with Gasteiger partial charge in [0.15, 0.2) is 0 Å². The van der Waals surface area contributed by atoms with Crippen LogP contribution in [-0.2, 0) is 11.8 Å². The van der Waals surface area contributed by atoms with Crippen molar-refractivity contribution in [2.24, 2.45) is 7.05 Å². The molecule has 0 radical (unpaired) electrons. The number of benzene rings is 1. The van der Waals surface area contributed by atoms with Crippen LogP contribution in [0.3, 0.4) is 0 Å². The van der Waals surface area contributed by atoms with Crippen LogP contribution in [0.5, 0.6) is 0 Å². The van der Waals surface area contributed by atoms with Gasteiger partial charge in [-0.05, 0) is 18.2 Å². The van der Waals surface area contributed by atoms with Gasteiger partial charge in [-0.1, -0.05) is 17.7 Å². The molecule has 0 bridgehead atoms. The molecule has 19 heavy (non-hydrogen) atoms. The van der Waals surface area contributed by atoms with Crippen molar-refractivity contribution in [2.45, 2.75) is 0 Å². The van der Waals surface area contributed by atoms with E-state index < -0.39 is 0 Å². The van der Waals surface area contributed by atoms with Crippen molar-refractivity contribution in [1.29, 1.82) is 0 Å². The topological polar surface area (TPSA) is 34.5 Å². The predicted octanol–water partition coefficient (Wildman–Crippen LogP) is 2.30. The summed E-state index contributed by atoms with van der Waals surface area (Å²) < 4.78 is 7.17. The number of aromatic nitrogens is 1. The second-order valence-corrected chi connectivity index (χ2v) is 5.07. The van der Waals surface area contributed by atoms with Gasteiger partial charge in [-0.15, -0.1) is 0 Å². The maximum absolute atomic E-state index is 12.5. The molecule has 0 N–H and O–H groups in total. The number of nitrogens with zero attached hydrogens (tertiary/aromatic N) is 2. The van der Waals surface area contributed by atoms with Crippen molar-refractivity contribution in [3.63, 3.8) is 0 Å². The molecular weight excluding hydrogens is 264 g/mol. The lowest BCUT2D eigenvalue weighted by Gasteiger charge is -2.26. The molecule has 0 spiro atoms. The van der Waals surface area contributed by atoms with Crippen molar-refractivity contribution in [3.8, 4) is 0 Å². The van der Waals surface area contributed by atoms with Gasteiger partial charge in [-0.2, -0.15) is 0 Å². The van der Waals surface area contributed by atoms with Crippen LogP contribution in [0, 0.1) is 0 Å². The quantitative estimate of drug-likeness (QED) is 0.802. The number of morpholine rings is 1. The smallest absolute Gasteiger partial charge is 0.270 e. The van der Waals surface area contributed by atoms with E-state index >= 15 is 0 Å². The number of amides is 1. The summed E-state index contributed by atoms with van der Waals surface area (Å²) in [5.41, 5.74) is 1.65. The molecule has 1 aliphatic rings. The maximum Gasteiger partial charge on any atom is 0.270 e. The Morgan fingerprint density at radius 3 is 2.74 bits per heavy atom. The first-order chi connectivity index (χ1) is 9.18. The zero-order valence-electron chi connectivity index (χ0n) is 10.7. The molecule has 1 aromatic heterocycles. The molecule has 4 nitrogen and oxygen atoms in total. The van der Waals surface area contributed by atoms with Crippen molar-refractivity contribution in [1.82, 2.24) is 9.47 Å². The maximum atomic E-state index is 12.5. The van der Waals surface area contributed by atoms with Gasteiger partial charge in [0.05, 0.1) is 13.2 Å². The van der Waals surface area contributed by atoms with Crippen LogP contribution in [0.4, 0.5) is 0 Å². The minimum Gasteiger partial charge on any atom is -0.378 e. The van der Waals surface area contributed by atoms with Crippen molar-refractivity contribution in [3.05, 3.63) is 35.0 Å². The monoisotopic (exact) mass is 278 g/mol. The van der Waals surface area contributed by atoms with Gasteiger partial charge in [0, 0.05) is 36.1 Å². The van der Waals surface area contributed by atoms with Gasteiger partial charge in [0.25, 0.3) is 5.91 Å². The molecule has 2 heterocycles. The molecule has 1 saturated heterocycles. The van der Waals surface area contributed by atoms with E-state index in [1.807, 2.05) is 40.8 Å². The normalized spacial score (nSPS) is 16.0. The molecule has 100 valence electrons. The first-order valence-corrected chi connectivity index (χ1v) is 6.67. The molecule has 1 fully saturated rings. The van der Waals surface area contributed by atoms with E-state index in [1.165, 1.54) is 0 Å². The Kier molecular flexibility index (Phi) is 3.21. The summed E-state index contributed by atoms with van der Waals surface area (Å²) in [6.07, 6.45) is 0. The van der Waals surface area contributed by atoms with E-state index in [1.54, 1.807) is 0 Å². The lowest BCUT2D eigenvalue weighted by Crippen LogP contribution is -2.41. The van der Waals surface area contributed by atoms with Crippen molar-refractivity contribution in [2.75, 3.05) is 26.3 Å². The van der Waals surface area contributed by atoms with Gasteiger partial charge < -0.3 is 14.2 Å². The Morgan fingerprint density at radius 1 is 1.32 bits per heavy atom. The second-order valence-electron chi connectivity index (χ2n) is 4.67. The van der Waals surface area contributed by atoms with Crippen LogP contribution in [0.25, 0.3) is 10.9 Å². The fourth-order valence-electron chi connectivity index (χ4n) is 2.46. The van der Waals surface area contributed by atoms with Crippen LogP contribution < -0.4 is 0 Å². The van der Waals surface area contributed by atoms with Crippen molar-refractivity contribution >= 4 is 28.4 Å². The molecule has 0 saturated carbocycles. The summed E-state index contributed by atoms with van der Waals surface area (Å²) in [5.74, 6) is 0.0399. The van der Waals surface area contributed by atoms with Gasteiger partial charge >= 0.3 is 0 Å². The summed E-state index contributed by atoms with van der Waals surface area (Å²) >= 11 is 6.17. The highest BCUT2D eigenvalue weighted by atomic mass is 35.5. The van der Waals surface area contributed by atoms with E-state index in [4.69, 9.17) is 16.3 Å². The minimum atomic E-state index is 0.0399. The number of aryl methyl sites for hydroxylation is 1. The van der Waals surface area contributed by atoms with Gasteiger partial charge in [0.1, 0.15) is 5.69 Å². The van der Waals surface area contributed by atoms with E-state index in [2.05, 4.69) is 0 Å². The van der Waals surface area contributed by atoms with Crippen LogP contribution in [-0.4, -0.2) is 41.7 Å². The van der Waals surface area contributed by atoms with E-state index in [-0.39, 0.29) is 5.91 Å². The Balaban J connectivity index is 2.02. The largest absolute Gasteiger partial charge is 0.378 e. The average molecular weight is 279 g/mol. The number of carbonyl (C=O) groups is 1. The molecule has 0 atom stereocenters. The third-order valence-electron chi connectivity index (χ3n) is 3.55. The number of carbonyl (C=O) groups excluding carboxylic acids is 1. The summed E-state index contributed by atoms with van der Waals surface area (Å²) in [4.78, 5) is 14.3. The van der Waals surface area contributed by atoms with Gasteiger partial charge in [-0.25, -0.2) is 0 Å². The zero-order valence-corrected chi connectivity index (χ0v) is 11.5. The van der Waals surface area contributed by atoms with Crippen LogP contribution in [0.15, 0.2) is 24.3 Å². The van der Waals surface area contributed by atoms with Crippen LogP contribution >= 0.6 is 11.6 Å². The zero-order chi connectivity index (χ0) is 13.4. The summed E-state index contributed by atoms with van der Waals surface area (Å²) in [6.45, 7) is 2.51. The Bertz CT molecular complexity index is 630. The molecule has 5 heteroatoms. The van der Waals surface area contributed by atoms with Gasteiger partial charge in [-0.3, -0.25) is 4.79 Å². The molecule has 1 aromatic carbocycles. The number of fused-ring (bicyclic) bond motifs is 1. The summed E-state index contributed by atoms with van der Waals surface area (Å²) in [6, 6.07) is 7.58. The molecule has 0 unspecified atom stereocenters. The van der Waals surface area contributed by atoms with Gasteiger partial charge in [0.2, 0.25) is 0 Å². The fraction of sp³-hybridized carbons (Fsp3) is 0.357. The lowest BCUT2D eigenvalue weighted by molar-refractivity contribution is 0.0297. The van der Waals surface area contributed by atoms with E-state index in [0.717, 1.165) is 10.9 Å². The highest BCUT2D eigenvalue weighted by Gasteiger charge is 2.22. The molecule has 0 aliphatic carbocycles. The molecule has 1 aliphatic heterocycles. The van der Waals surface area contributed by atoms with Crippen LogP contribution in [0.1, 0.15) is 10.5 Å². The Hall–Kier alpha value is -1.52. The third-order valence-corrected chi connectivity index (χ3v) is 3.88. The SMILES string of the molecule is Cn1c(C(=O)N2CCOCC2)cc2c(Cl)cccc21. The molecule has 3 rings (SSSR count). The third kappa shape index (κ3) is 2.11. The fourth-order valence-corrected chi connectivity index (χ4v) is 2.68. The number of rotatable bonds is 1. The van der Waals surface area contributed by atoms with E-state index in [9.17, 15) is 4.79 Å². The highest BCUT2D eigenvalue weighted by molar-refractivity contribution is 6.35. The predicted molar refractivity (Wildman–Crippen MR) is 74.7 cm³/mol. The number of ether oxygens (including phenoxy) is 1. The molecular formula is C14H15ClN2O2. The van der Waals surface area contributed by atoms with E-state index in [0.29, 0.717) is 37.0 Å². The first kappa shape index (κ1) is 12.5. The second kappa shape index (κ2) is 4.87. The minimum absolute atomic E-state index is 0.0399. The lowest BCUT2D eigenvalue weighted by atomic mass is 10.2. The summed E-state index contributed by atoms with van der Waals surface area (Å²) in [7, 11) is 1.90. The Labute approximate surface area is 116 Å². The molecule has 2 aromatic rings.